The van der Waals surface area contributed by atoms with E-state index in [4.69, 9.17) is 13.9 Å². The lowest BCUT2D eigenvalue weighted by Crippen LogP contribution is -2.49. The molecule has 0 aromatic carbocycles. The molecule has 7 nitrogen and oxygen atoms in total. The fourth-order valence-corrected chi connectivity index (χ4v) is 2.99. The molecule has 2 saturated heterocycles. The van der Waals surface area contributed by atoms with Crippen LogP contribution in [-0.4, -0.2) is 75.0 Å². The van der Waals surface area contributed by atoms with Crippen LogP contribution >= 0.6 is 0 Å². The Balaban J connectivity index is 1.62. The molecule has 0 spiro atoms. The number of aryl methyl sites for hydroxylation is 1. The summed E-state index contributed by atoms with van der Waals surface area (Å²) >= 11 is 0. The highest BCUT2D eigenvalue weighted by atomic mass is 16.5. The topological polar surface area (TPSA) is 67.2 Å². The monoisotopic (exact) mass is 323 g/mol. The largest absolute Gasteiger partial charge is 0.465 e. The van der Waals surface area contributed by atoms with Gasteiger partial charge in [-0.1, -0.05) is 0 Å². The van der Waals surface area contributed by atoms with Crippen molar-refractivity contribution in [3.63, 3.8) is 0 Å². The minimum Gasteiger partial charge on any atom is -0.465 e. The van der Waals surface area contributed by atoms with Gasteiger partial charge in [0.05, 0.1) is 32.5 Å². The molecule has 0 radical (unpaired) electrons. The molecule has 1 N–H and O–H groups in total. The molecular weight excluding hydrogens is 298 g/mol. The third kappa shape index (κ3) is 4.25. The number of furan rings is 1. The van der Waals surface area contributed by atoms with E-state index in [2.05, 4.69) is 10.2 Å². The first kappa shape index (κ1) is 16.3. The van der Waals surface area contributed by atoms with Crippen molar-refractivity contribution in [1.29, 1.82) is 0 Å². The van der Waals surface area contributed by atoms with Crippen LogP contribution in [0.1, 0.15) is 17.6 Å². The zero-order chi connectivity index (χ0) is 16.1. The van der Waals surface area contributed by atoms with Crippen LogP contribution in [0.25, 0.3) is 0 Å². The van der Waals surface area contributed by atoms with Crippen molar-refractivity contribution in [1.82, 2.24) is 15.1 Å². The molecule has 2 aliphatic rings. The molecule has 3 rings (SSSR count). The van der Waals surface area contributed by atoms with E-state index in [9.17, 15) is 4.79 Å². The van der Waals surface area contributed by atoms with E-state index in [1.54, 1.807) is 4.90 Å². The number of nitrogens with zero attached hydrogens (tertiary/aromatic N) is 2. The Kier molecular flexibility index (Phi) is 5.53. The van der Waals surface area contributed by atoms with Gasteiger partial charge in [0.15, 0.2) is 0 Å². The fraction of sp³-hybridized carbons (Fsp3) is 0.688. The summed E-state index contributed by atoms with van der Waals surface area (Å²) in [5.41, 5.74) is 0. The van der Waals surface area contributed by atoms with Gasteiger partial charge in [-0.2, -0.15) is 0 Å². The van der Waals surface area contributed by atoms with Crippen LogP contribution in [0.3, 0.4) is 0 Å². The Labute approximate surface area is 136 Å². The number of amides is 2. The van der Waals surface area contributed by atoms with Crippen molar-refractivity contribution in [2.45, 2.75) is 13.0 Å². The quantitative estimate of drug-likeness (QED) is 0.895. The summed E-state index contributed by atoms with van der Waals surface area (Å²) in [5.74, 6) is 1.78. The van der Waals surface area contributed by atoms with Crippen molar-refractivity contribution in [2.24, 2.45) is 0 Å². The van der Waals surface area contributed by atoms with E-state index in [1.165, 1.54) is 0 Å². The van der Waals surface area contributed by atoms with Crippen LogP contribution in [0.2, 0.25) is 0 Å². The molecule has 1 unspecified atom stereocenters. The normalized spacial score (nSPS) is 21.2. The lowest BCUT2D eigenvalue weighted by atomic mass is 10.1. The van der Waals surface area contributed by atoms with Crippen molar-refractivity contribution in [2.75, 3.05) is 59.2 Å². The van der Waals surface area contributed by atoms with E-state index < -0.39 is 0 Å². The second-order valence-corrected chi connectivity index (χ2v) is 5.90. The molecule has 0 saturated carbocycles. The predicted octanol–water partition coefficient (Wildman–Crippen LogP) is 1.00. The summed E-state index contributed by atoms with van der Waals surface area (Å²) in [4.78, 5) is 16.4. The van der Waals surface area contributed by atoms with E-state index >= 15 is 0 Å². The molecule has 2 aliphatic heterocycles. The number of hydrogen-bond donors (Lipinski definition) is 1. The van der Waals surface area contributed by atoms with Crippen LogP contribution in [-0.2, 0) is 9.47 Å². The summed E-state index contributed by atoms with van der Waals surface area (Å²) in [6.45, 7) is 8.10. The first-order valence-electron chi connectivity index (χ1n) is 8.22. The van der Waals surface area contributed by atoms with Crippen LogP contribution < -0.4 is 5.32 Å². The lowest BCUT2D eigenvalue weighted by molar-refractivity contribution is 0.0113. The minimum absolute atomic E-state index is 0.0326. The number of carbonyl (C=O) groups excluding carboxylic acids is 1. The van der Waals surface area contributed by atoms with Crippen molar-refractivity contribution in [3.8, 4) is 0 Å². The van der Waals surface area contributed by atoms with Gasteiger partial charge >= 0.3 is 6.03 Å². The maximum Gasteiger partial charge on any atom is 0.317 e. The highest BCUT2D eigenvalue weighted by Crippen LogP contribution is 2.23. The summed E-state index contributed by atoms with van der Waals surface area (Å²) < 4.78 is 16.5. The summed E-state index contributed by atoms with van der Waals surface area (Å²) in [7, 11) is 0. The molecule has 2 amide bonds. The van der Waals surface area contributed by atoms with E-state index in [0.29, 0.717) is 46.1 Å². The molecule has 1 aromatic heterocycles. The summed E-state index contributed by atoms with van der Waals surface area (Å²) in [5, 5.41) is 3.05. The first-order chi connectivity index (χ1) is 11.2. The van der Waals surface area contributed by atoms with Crippen LogP contribution in [0, 0.1) is 6.92 Å². The third-order valence-corrected chi connectivity index (χ3v) is 4.32. The molecule has 3 heterocycles. The highest BCUT2D eigenvalue weighted by Gasteiger charge is 2.26. The van der Waals surface area contributed by atoms with Crippen LogP contribution in [0.15, 0.2) is 16.5 Å². The number of urea groups is 1. The Hall–Kier alpha value is -1.57. The molecule has 0 aliphatic carbocycles. The number of carbonyl (C=O) groups is 1. The number of hydrogen-bond acceptors (Lipinski definition) is 5. The minimum atomic E-state index is -0.0326. The molecular formula is C16H25N3O4. The van der Waals surface area contributed by atoms with E-state index in [-0.39, 0.29) is 12.1 Å². The average Bonchev–Trinajstić information content (AvgIpc) is 3.03. The summed E-state index contributed by atoms with van der Waals surface area (Å²) in [6, 6.07) is 3.97. The van der Waals surface area contributed by atoms with Crippen LogP contribution in [0.4, 0.5) is 4.79 Å². The smallest absolute Gasteiger partial charge is 0.317 e. The fourth-order valence-electron chi connectivity index (χ4n) is 2.99. The van der Waals surface area contributed by atoms with Gasteiger partial charge in [0.1, 0.15) is 11.5 Å². The Morgan fingerprint density at radius 2 is 1.78 bits per heavy atom. The predicted molar refractivity (Wildman–Crippen MR) is 84.4 cm³/mol. The van der Waals surface area contributed by atoms with Gasteiger partial charge in [0.2, 0.25) is 0 Å². The van der Waals surface area contributed by atoms with Gasteiger partial charge in [-0.3, -0.25) is 4.90 Å². The van der Waals surface area contributed by atoms with Crippen molar-refractivity contribution >= 4 is 6.03 Å². The SMILES string of the molecule is Cc1ccc(C(CNC(=O)N2CCOCC2)N2CCOCC2)o1. The lowest BCUT2D eigenvalue weighted by Gasteiger charge is -2.34. The maximum absolute atomic E-state index is 12.3. The molecule has 128 valence electrons. The first-order valence-corrected chi connectivity index (χ1v) is 8.22. The van der Waals surface area contributed by atoms with Gasteiger partial charge in [0.25, 0.3) is 0 Å². The number of rotatable bonds is 4. The standard InChI is InChI=1S/C16H25N3O4/c1-13-2-3-15(23-13)14(18-4-8-21-9-5-18)12-17-16(20)19-6-10-22-11-7-19/h2-3,14H,4-12H2,1H3,(H,17,20). The van der Waals surface area contributed by atoms with Gasteiger partial charge < -0.3 is 24.1 Å². The third-order valence-electron chi connectivity index (χ3n) is 4.32. The second kappa shape index (κ2) is 7.81. The van der Waals surface area contributed by atoms with Crippen LogP contribution in [0.5, 0.6) is 0 Å². The second-order valence-electron chi connectivity index (χ2n) is 5.90. The average molecular weight is 323 g/mol. The van der Waals surface area contributed by atoms with Gasteiger partial charge in [0, 0.05) is 32.7 Å². The van der Waals surface area contributed by atoms with Crippen molar-refractivity contribution in [3.05, 3.63) is 23.7 Å². The van der Waals surface area contributed by atoms with Gasteiger partial charge in [-0.05, 0) is 19.1 Å². The Bertz CT molecular complexity index is 507. The molecule has 2 fully saturated rings. The Morgan fingerprint density at radius 1 is 1.13 bits per heavy atom. The van der Waals surface area contributed by atoms with Crippen molar-refractivity contribution < 1.29 is 18.7 Å². The zero-order valence-corrected chi connectivity index (χ0v) is 13.6. The molecule has 23 heavy (non-hydrogen) atoms. The highest BCUT2D eigenvalue weighted by molar-refractivity contribution is 5.74. The number of morpholine rings is 2. The summed E-state index contributed by atoms with van der Waals surface area (Å²) in [6.07, 6.45) is 0. The zero-order valence-electron chi connectivity index (χ0n) is 13.6. The van der Waals surface area contributed by atoms with Gasteiger partial charge in [-0.15, -0.1) is 0 Å². The molecule has 1 atom stereocenters. The molecule has 1 aromatic rings. The van der Waals surface area contributed by atoms with E-state index in [0.717, 1.165) is 24.6 Å². The number of nitrogens with one attached hydrogen (secondary N) is 1. The molecule has 7 heteroatoms. The van der Waals surface area contributed by atoms with Gasteiger partial charge in [-0.25, -0.2) is 4.79 Å². The number of ether oxygens (including phenoxy) is 2. The molecule has 0 bridgehead atoms. The van der Waals surface area contributed by atoms with E-state index in [1.807, 2.05) is 19.1 Å². The Morgan fingerprint density at radius 3 is 2.39 bits per heavy atom. The maximum atomic E-state index is 12.3.